The van der Waals surface area contributed by atoms with Gasteiger partial charge in [-0.2, -0.15) is 0 Å². The topological polar surface area (TPSA) is 50.4 Å². The Balaban J connectivity index is 1.73. The quantitative estimate of drug-likeness (QED) is 0.869. The number of benzene rings is 1. The standard InChI is InChI=1S/C15H21FN2O2/c1-11-2-3-12(16)10-14(11)18-15(19)6-9-20-13-4-7-17-8-5-13/h2-3,10,13,17H,4-9H2,1H3,(H,18,19). The summed E-state index contributed by atoms with van der Waals surface area (Å²) in [6, 6.07) is 4.36. The first kappa shape index (κ1) is 14.9. The van der Waals surface area contributed by atoms with Crippen LogP contribution in [0.4, 0.5) is 10.1 Å². The van der Waals surface area contributed by atoms with Crippen LogP contribution >= 0.6 is 0 Å². The largest absolute Gasteiger partial charge is 0.378 e. The number of amides is 1. The van der Waals surface area contributed by atoms with Gasteiger partial charge in [-0.25, -0.2) is 4.39 Å². The first-order chi connectivity index (χ1) is 9.65. The Bertz CT molecular complexity index is 459. The minimum atomic E-state index is -0.350. The van der Waals surface area contributed by atoms with Crippen molar-refractivity contribution in [2.75, 3.05) is 25.0 Å². The lowest BCUT2D eigenvalue weighted by Crippen LogP contribution is -2.33. The SMILES string of the molecule is Cc1ccc(F)cc1NC(=O)CCOC1CCNCC1. The van der Waals surface area contributed by atoms with E-state index in [1.807, 2.05) is 6.92 Å². The minimum Gasteiger partial charge on any atom is -0.378 e. The van der Waals surface area contributed by atoms with E-state index in [-0.39, 0.29) is 17.8 Å². The van der Waals surface area contributed by atoms with Gasteiger partial charge in [0, 0.05) is 5.69 Å². The summed E-state index contributed by atoms with van der Waals surface area (Å²) >= 11 is 0. The highest BCUT2D eigenvalue weighted by molar-refractivity contribution is 5.91. The number of carbonyl (C=O) groups excluding carboxylic acids is 1. The highest BCUT2D eigenvalue weighted by Crippen LogP contribution is 2.16. The van der Waals surface area contributed by atoms with Crippen molar-refractivity contribution in [2.24, 2.45) is 0 Å². The fourth-order valence-corrected chi connectivity index (χ4v) is 2.22. The average Bonchev–Trinajstić information content (AvgIpc) is 2.44. The second-order valence-electron chi connectivity index (χ2n) is 5.08. The maximum Gasteiger partial charge on any atom is 0.226 e. The van der Waals surface area contributed by atoms with Gasteiger partial charge in [-0.3, -0.25) is 4.79 Å². The number of anilines is 1. The summed E-state index contributed by atoms with van der Waals surface area (Å²) in [5.74, 6) is -0.496. The van der Waals surface area contributed by atoms with Crippen LogP contribution in [0.3, 0.4) is 0 Å². The molecule has 4 nitrogen and oxygen atoms in total. The number of halogens is 1. The smallest absolute Gasteiger partial charge is 0.226 e. The zero-order valence-electron chi connectivity index (χ0n) is 11.7. The van der Waals surface area contributed by atoms with Crippen LogP contribution in [0.15, 0.2) is 18.2 Å². The third-order valence-corrected chi connectivity index (χ3v) is 3.44. The third-order valence-electron chi connectivity index (χ3n) is 3.44. The van der Waals surface area contributed by atoms with Crippen LogP contribution in [0.5, 0.6) is 0 Å². The van der Waals surface area contributed by atoms with Gasteiger partial charge in [0.2, 0.25) is 5.91 Å². The zero-order chi connectivity index (χ0) is 14.4. The first-order valence-corrected chi connectivity index (χ1v) is 7.03. The van der Waals surface area contributed by atoms with Crippen LogP contribution in [-0.4, -0.2) is 31.7 Å². The summed E-state index contributed by atoms with van der Waals surface area (Å²) in [5, 5.41) is 5.98. The van der Waals surface area contributed by atoms with Crippen LogP contribution in [0.1, 0.15) is 24.8 Å². The van der Waals surface area contributed by atoms with Gasteiger partial charge in [0.05, 0.1) is 19.1 Å². The van der Waals surface area contributed by atoms with Crippen molar-refractivity contribution >= 4 is 11.6 Å². The molecule has 0 atom stereocenters. The maximum atomic E-state index is 13.1. The van der Waals surface area contributed by atoms with E-state index in [0.29, 0.717) is 18.7 Å². The summed E-state index contributed by atoms with van der Waals surface area (Å²) in [5.41, 5.74) is 1.37. The Labute approximate surface area is 118 Å². The van der Waals surface area contributed by atoms with Gasteiger partial charge >= 0.3 is 0 Å². The van der Waals surface area contributed by atoms with Gasteiger partial charge in [0.1, 0.15) is 5.82 Å². The maximum absolute atomic E-state index is 13.1. The fraction of sp³-hybridized carbons (Fsp3) is 0.533. The molecule has 5 heteroatoms. The molecular weight excluding hydrogens is 259 g/mol. The number of nitrogens with one attached hydrogen (secondary N) is 2. The van der Waals surface area contributed by atoms with Gasteiger partial charge in [0.25, 0.3) is 0 Å². The van der Waals surface area contributed by atoms with Crippen molar-refractivity contribution in [1.29, 1.82) is 0 Å². The summed E-state index contributed by atoms with van der Waals surface area (Å²) in [6.45, 7) is 4.18. The van der Waals surface area contributed by atoms with E-state index >= 15 is 0 Å². The van der Waals surface area contributed by atoms with Gasteiger partial charge in [-0.15, -0.1) is 0 Å². The molecule has 0 unspecified atom stereocenters. The van der Waals surface area contributed by atoms with Crippen LogP contribution in [-0.2, 0) is 9.53 Å². The Morgan fingerprint density at radius 3 is 2.95 bits per heavy atom. The Kier molecular flexibility index (Phi) is 5.49. The molecular formula is C15H21FN2O2. The summed E-state index contributed by atoms with van der Waals surface area (Å²) in [6.07, 6.45) is 2.52. The van der Waals surface area contributed by atoms with E-state index in [1.165, 1.54) is 12.1 Å². The molecule has 0 saturated carbocycles. The molecule has 0 radical (unpaired) electrons. The Hall–Kier alpha value is -1.46. The summed E-state index contributed by atoms with van der Waals surface area (Å²) < 4.78 is 18.8. The molecule has 1 saturated heterocycles. The number of ether oxygens (including phenoxy) is 1. The number of hydrogen-bond acceptors (Lipinski definition) is 3. The molecule has 0 bridgehead atoms. The number of hydrogen-bond donors (Lipinski definition) is 2. The van der Waals surface area contributed by atoms with Gasteiger partial charge < -0.3 is 15.4 Å². The van der Waals surface area contributed by atoms with Crippen molar-refractivity contribution in [2.45, 2.75) is 32.3 Å². The molecule has 1 heterocycles. The van der Waals surface area contributed by atoms with Crippen LogP contribution in [0, 0.1) is 12.7 Å². The first-order valence-electron chi connectivity index (χ1n) is 7.03. The van der Waals surface area contributed by atoms with E-state index in [2.05, 4.69) is 10.6 Å². The van der Waals surface area contributed by atoms with E-state index in [4.69, 9.17) is 4.74 Å². The van der Waals surface area contributed by atoms with Crippen LogP contribution < -0.4 is 10.6 Å². The lowest BCUT2D eigenvalue weighted by molar-refractivity contribution is -0.117. The van der Waals surface area contributed by atoms with E-state index in [0.717, 1.165) is 31.5 Å². The predicted octanol–water partition coefficient (Wildman–Crippen LogP) is 2.23. The number of aryl methyl sites for hydroxylation is 1. The van der Waals surface area contributed by atoms with Gasteiger partial charge in [0.15, 0.2) is 0 Å². The van der Waals surface area contributed by atoms with Gasteiger partial charge in [-0.1, -0.05) is 6.07 Å². The second-order valence-corrected chi connectivity index (χ2v) is 5.08. The van der Waals surface area contributed by atoms with E-state index in [9.17, 15) is 9.18 Å². The average molecular weight is 280 g/mol. The molecule has 0 aliphatic carbocycles. The summed E-state index contributed by atoms with van der Waals surface area (Å²) in [7, 11) is 0. The highest BCUT2D eigenvalue weighted by Gasteiger charge is 2.14. The molecule has 2 rings (SSSR count). The lowest BCUT2D eigenvalue weighted by Gasteiger charge is -2.22. The van der Waals surface area contributed by atoms with Crippen molar-refractivity contribution < 1.29 is 13.9 Å². The zero-order valence-corrected chi connectivity index (χ0v) is 11.7. The highest BCUT2D eigenvalue weighted by atomic mass is 19.1. The number of carbonyl (C=O) groups is 1. The molecule has 0 spiro atoms. The monoisotopic (exact) mass is 280 g/mol. The number of piperidine rings is 1. The van der Waals surface area contributed by atoms with Crippen LogP contribution in [0.25, 0.3) is 0 Å². The molecule has 1 aromatic carbocycles. The molecule has 2 N–H and O–H groups in total. The normalized spacial score (nSPS) is 16.1. The van der Waals surface area contributed by atoms with Gasteiger partial charge in [-0.05, 0) is 50.6 Å². The van der Waals surface area contributed by atoms with Crippen LogP contribution in [0.2, 0.25) is 0 Å². The summed E-state index contributed by atoms with van der Waals surface area (Å²) in [4.78, 5) is 11.8. The molecule has 1 aliphatic rings. The van der Waals surface area contributed by atoms with Crippen molar-refractivity contribution in [3.8, 4) is 0 Å². The van der Waals surface area contributed by atoms with E-state index < -0.39 is 0 Å². The molecule has 1 fully saturated rings. The van der Waals surface area contributed by atoms with Crippen molar-refractivity contribution in [3.05, 3.63) is 29.6 Å². The lowest BCUT2D eigenvalue weighted by atomic mass is 10.1. The second kappa shape index (κ2) is 7.36. The Morgan fingerprint density at radius 1 is 1.45 bits per heavy atom. The molecule has 20 heavy (non-hydrogen) atoms. The fourth-order valence-electron chi connectivity index (χ4n) is 2.22. The van der Waals surface area contributed by atoms with Crippen molar-refractivity contribution in [1.82, 2.24) is 5.32 Å². The molecule has 0 aromatic heterocycles. The predicted molar refractivity (Wildman–Crippen MR) is 76.2 cm³/mol. The molecule has 1 amide bonds. The Morgan fingerprint density at radius 2 is 2.20 bits per heavy atom. The van der Waals surface area contributed by atoms with E-state index in [1.54, 1.807) is 6.07 Å². The number of rotatable bonds is 5. The minimum absolute atomic E-state index is 0.146. The molecule has 1 aliphatic heterocycles. The molecule has 110 valence electrons. The third kappa shape index (κ3) is 4.58. The van der Waals surface area contributed by atoms with Crippen molar-refractivity contribution in [3.63, 3.8) is 0 Å². The molecule has 1 aromatic rings.